The number of imidazole rings is 1. The van der Waals surface area contributed by atoms with Crippen LogP contribution in [0.25, 0.3) is 11.0 Å². The number of rotatable bonds is 6. The van der Waals surface area contributed by atoms with Crippen molar-refractivity contribution in [3.05, 3.63) is 65.5 Å². The van der Waals surface area contributed by atoms with Gasteiger partial charge in [-0.25, -0.2) is 4.98 Å². The zero-order valence-corrected chi connectivity index (χ0v) is 15.2. The minimum Gasteiger partial charge on any atom is -0.493 e. The molecule has 2 aromatic carbocycles. The van der Waals surface area contributed by atoms with Gasteiger partial charge in [-0.3, -0.25) is 0 Å². The Morgan fingerprint density at radius 1 is 1.16 bits per heavy atom. The fourth-order valence-electron chi connectivity index (χ4n) is 2.83. The molecule has 0 radical (unpaired) electrons. The molecule has 0 saturated carbocycles. The number of hydrogen-bond donors (Lipinski definition) is 1. The number of fused-ring (bicyclic) bond motifs is 1. The highest BCUT2D eigenvalue weighted by atomic mass is 16.5. The molecule has 25 heavy (non-hydrogen) atoms. The molecule has 0 saturated heterocycles. The summed E-state index contributed by atoms with van der Waals surface area (Å²) < 4.78 is 11.6. The molecule has 3 aromatic rings. The normalized spacial score (nSPS) is 12.2. The zero-order valence-electron chi connectivity index (χ0n) is 15.2. The third-order valence-electron chi connectivity index (χ3n) is 4.41. The maximum Gasteiger partial charge on any atom is 0.162 e. The minimum atomic E-state index is -0.216. The molecule has 0 bridgehead atoms. The number of benzene rings is 2. The Balaban J connectivity index is 1.86. The van der Waals surface area contributed by atoms with E-state index in [1.807, 2.05) is 31.2 Å². The Hall–Kier alpha value is -2.75. The van der Waals surface area contributed by atoms with Gasteiger partial charge in [0.15, 0.2) is 17.6 Å². The van der Waals surface area contributed by atoms with Crippen LogP contribution in [-0.2, 0) is 6.42 Å². The maximum atomic E-state index is 6.10. The molecule has 0 aliphatic heterocycles. The molecule has 0 amide bonds. The number of nitrogens with zero attached hydrogens (tertiary/aromatic N) is 1. The molecule has 3 rings (SSSR count). The second kappa shape index (κ2) is 7.01. The van der Waals surface area contributed by atoms with Crippen LogP contribution in [0.4, 0.5) is 0 Å². The summed E-state index contributed by atoms with van der Waals surface area (Å²) in [7, 11) is 1.65. The second-order valence-corrected chi connectivity index (χ2v) is 6.31. The number of nitrogens with one attached hydrogen (secondary N) is 1. The third kappa shape index (κ3) is 3.53. The molecule has 0 aliphatic rings. The van der Waals surface area contributed by atoms with E-state index in [9.17, 15) is 0 Å². The first-order valence-corrected chi connectivity index (χ1v) is 8.43. The van der Waals surface area contributed by atoms with Crippen LogP contribution in [0.2, 0.25) is 0 Å². The van der Waals surface area contributed by atoms with Gasteiger partial charge in [-0.2, -0.15) is 0 Å². The van der Waals surface area contributed by atoms with E-state index in [1.54, 1.807) is 7.11 Å². The fraction of sp³-hybridized carbons (Fsp3) is 0.286. The lowest BCUT2D eigenvalue weighted by atomic mass is 10.1. The largest absolute Gasteiger partial charge is 0.493 e. The zero-order chi connectivity index (χ0) is 18.0. The standard InChI is InChI=1S/C21H24N2O2/c1-6-7-16-8-9-19(20(12-16)24-5)25-15(4)21-22-17-10-13(2)14(3)11-18(17)23-21/h6,8-12,15H,1,7H2,2-5H3,(H,22,23)/t15-/m0/s1. The van der Waals surface area contributed by atoms with E-state index >= 15 is 0 Å². The van der Waals surface area contributed by atoms with E-state index in [4.69, 9.17) is 9.47 Å². The third-order valence-corrected chi connectivity index (χ3v) is 4.41. The average molecular weight is 336 g/mol. The van der Waals surface area contributed by atoms with Crippen molar-refractivity contribution in [2.45, 2.75) is 33.3 Å². The van der Waals surface area contributed by atoms with Crippen LogP contribution in [0.15, 0.2) is 43.0 Å². The van der Waals surface area contributed by atoms with Crippen LogP contribution in [-0.4, -0.2) is 17.1 Å². The first-order chi connectivity index (χ1) is 12.0. The smallest absolute Gasteiger partial charge is 0.162 e. The van der Waals surface area contributed by atoms with Gasteiger partial charge in [0.25, 0.3) is 0 Å². The first-order valence-electron chi connectivity index (χ1n) is 8.43. The van der Waals surface area contributed by atoms with Crippen LogP contribution in [0, 0.1) is 13.8 Å². The lowest BCUT2D eigenvalue weighted by Crippen LogP contribution is -2.06. The predicted molar refractivity (Wildman–Crippen MR) is 102 cm³/mol. The summed E-state index contributed by atoms with van der Waals surface area (Å²) in [6.45, 7) is 9.95. The average Bonchev–Trinajstić information content (AvgIpc) is 2.99. The summed E-state index contributed by atoms with van der Waals surface area (Å²) in [4.78, 5) is 8.04. The molecular weight excluding hydrogens is 312 g/mol. The number of aromatic nitrogens is 2. The van der Waals surface area contributed by atoms with Crippen LogP contribution < -0.4 is 9.47 Å². The first kappa shape index (κ1) is 17.1. The Labute approximate surface area is 148 Å². The van der Waals surface area contributed by atoms with Crippen molar-refractivity contribution in [3.63, 3.8) is 0 Å². The summed E-state index contributed by atoms with van der Waals surface area (Å²) in [5, 5.41) is 0. The second-order valence-electron chi connectivity index (χ2n) is 6.31. The lowest BCUT2D eigenvalue weighted by Gasteiger charge is -2.16. The molecule has 1 heterocycles. The molecule has 0 aliphatic carbocycles. The van der Waals surface area contributed by atoms with Crippen molar-refractivity contribution >= 4 is 11.0 Å². The molecule has 1 aromatic heterocycles. The van der Waals surface area contributed by atoms with Gasteiger partial charge in [0, 0.05) is 0 Å². The van der Waals surface area contributed by atoms with Crippen molar-refractivity contribution in [1.82, 2.24) is 9.97 Å². The SMILES string of the molecule is C=CCc1ccc(O[C@@H](C)c2nc3cc(C)c(C)cc3[nH]2)c(OC)c1. The van der Waals surface area contributed by atoms with E-state index < -0.39 is 0 Å². The van der Waals surface area contributed by atoms with Crippen molar-refractivity contribution in [1.29, 1.82) is 0 Å². The highest BCUT2D eigenvalue weighted by molar-refractivity contribution is 5.77. The Morgan fingerprint density at radius 2 is 1.92 bits per heavy atom. The van der Waals surface area contributed by atoms with Gasteiger partial charge in [0.2, 0.25) is 0 Å². The monoisotopic (exact) mass is 336 g/mol. The number of aromatic amines is 1. The Morgan fingerprint density at radius 3 is 2.64 bits per heavy atom. The number of allylic oxidation sites excluding steroid dienone is 1. The molecule has 4 heteroatoms. The molecule has 4 nitrogen and oxygen atoms in total. The molecule has 1 N–H and O–H groups in total. The highest BCUT2D eigenvalue weighted by Gasteiger charge is 2.15. The Kier molecular flexibility index (Phi) is 4.79. The topological polar surface area (TPSA) is 47.1 Å². The summed E-state index contributed by atoms with van der Waals surface area (Å²) in [6.07, 6.45) is 2.46. The van der Waals surface area contributed by atoms with Crippen molar-refractivity contribution < 1.29 is 9.47 Å². The summed E-state index contributed by atoms with van der Waals surface area (Å²) in [5.41, 5.74) is 5.61. The summed E-state index contributed by atoms with van der Waals surface area (Å²) >= 11 is 0. The number of ether oxygens (including phenoxy) is 2. The van der Waals surface area contributed by atoms with E-state index in [0.717, 1.165) is 28.8 Å². The van der Waals surface area contributed by atoms with Gasteiger partial charge in [0.1, 0.15) is 5.82 Å². The van der Waals surface area contributed by atoms with E-state index in [2.05, 4.69) is 42.5 Å². The molecular formula is C21H24N2O2. The van der Waals surface area contributed by atoms with Crippen LogP contribution in [0.1, 0.15) is 35.5 Å². The highest BCUT2D eigenvalue weighted by Crippen LogP contribution is 2.32. The Bertz CT molecular complexity index is 873. The number of methoxy groups -OCH3 is 1. The van der Waals surface area contributed by atoms with Crippen LogP contribution in [0.5, 0.6) is 11.5 Å². The van der Waals surface area contributed by atoms with Gasteiger partial charge in [-0.05, 0) is 68.1 Å². The van der Waals surface area contributed by atoms with Crippen LogP contribution >= 0.6 is 0 Å². The van der Waals surface area contributed by atoms with Gasteiger partial charge >= 0.3 is 0 Å². The van der Waals surface area contributed by atoms with Gasteiger partial charge < -0.3 is 14.5 Å². The number of hydrogen-bond acceptors (Lipinski definition) is 3. The molecule has 0 fully saturated rings. The lowest BCUT2D eigenvalue weighted by molar-refractivity contribution is 0.208. The number of H-pyrrole nitrogens is 1. The molecule has 0 unspecified atom stereocenters. The van der Waals surface area contributed by atoms with Crippen molar-refractivity contribution in [2.75, 3.05) is 7.11 Å². The van der Waals surface area contributed by atoms with Crippen molar-refractivity contribution in [3.8, 4) is 11.5 Å². The number of aryl methyl sites for hydroxylation is 2. The van der Waals surface area contributed by atoms with Gasteiger partial charge in [-0.15, -0.1) is 6.58 Å². The van der Waals surface area contributed by atoms with E-state index in [1.165, 1.54) is 11.1 Å². The minimum absolute atomic E-state index is 0.216. The molecule has 1 atom stereocenters. The van der Waals surface area contributed by atoms with Gasteiger partial charge in [0.05, 0.1) is 18.1 Å². The summed E-state index contributed by atoms with van der Waals surface area (Å²) in [6, 6.07) is 10.2. The quantitative estimate of drug-likeness (QED) is 0.640. The van der Waals surface area contributed by atoms with Gasteiger partial charge in [-0.1, -0.05) is 12.1 Å². The fourth-order valence-corrected chi connectivity index (χ4v) is 2.83. The van der Waals surface area contributed by atoms with E-state index in [-0.39, 0.29) is 6.10 Å². The molecule has 130 valence electrons. The molecule has 0 spiro atoms. The maximum absolute atomic E-state index is 6.10. The predicted octanol–water partition coefficient (Wildman–Crippen LogP) is 5.06. The summed E-state index contributed by atoms with van der Waals surface area (Å²) in [5.74, 6) is 2.22. The van der Waals surface area contributed by atoms with E-state index in [0.29, 0.717) is 11.5 Å². The van der Waals surface area contributed by atoms with Crippen molar-refractivity contribution in [2.24, 2.45) is 0 Å². The van der Waals surface area contributed by atoms with Crippen LogP contribution in [0.3, 0.4) is 0 Å².